The molecule has 0 bridgehead atoms. The summed E-state index contributed by atoms with van der Waals surface area (Å²) in [6.45, 7) is 3.75. The van der Waals surface area contributed by atoms with Gasteiger partial charge in [0.05, 0.1) is 6.61 Å². The summed E-state index contributed by atoms with van der Waals surface area (Å²) in [6, 6.07) is 0. The zero-order valence-corrected chi connectivity index (χ0v) is 39.1. The minimum Gasteiger partial charge on any atom is -0.462 e. The number of unbranched alkanes of at least 4 members (excludes halogenated alkanes) is 25. The zero-order chi connectivity index (χ0) is 44.8. The van der Waals surface area contributed by atoms with Crippen molar-refractivity contribution in [3.05, 3.63) is 24.3 Å². The van der Waals surface area contributed by atoms with E-state index in [0.29, 0.717) is 12.8 Å². The molecule has 0 aromatic carbocycles. The molecule has 0 aliphatic carbocycles. The highest BCUT2D eigenvalue weighted by atomic mass is 32.2. The lowest BCUT2D eigenvalue weighted by Crippen LogP contribution is -2.60. The third-order valence-electron chi connectivity index (χ3n) is 11.3. The number of esters is 2. The Balaban J connectivity index is 2.40. The second-order valence-electron chi connectivity index (χ2n) is 17.1. The molecule has 358 valence electrons. The van der Waals surface area contributed by atoms with Gasteiger partial charge < -0.3 is 34.3 Å². The second kappa shape index (κ2) is 38.6. The van der Waals surface area contributed by atoms with Crippen molar-refractivity contribution < 1.29 is 56.8 Å². The van der Waals surface area contributed by atoms with Crippen molar-refractivity contribution in [2.24, 2.45) is 0 Å². The van der Waals surface area contributed by atoms with Gasteiger partial charge >= 0.3 is 11.9 Å². The number of ether oxygens (including phenoxy) is 4. The molecule has 0 saturated carbocycles. The molecule has 13 heteroatoms. The summed E-state index contributed by atoms with van der Waals surface area (Å²) in [5, 5.41) is 30.9. The minimum absolute atomic E-state index is 0.151. The number of hydrogen-bond donors (Lipinski definition) is 4. The second-order valence-corrected chi connectivity index (χ2v) is 18.6. The molecule has 6 unspecified atom stereocenters. The van der Waals surface area contributed by atoms with Crippen molar-refractivity contribution in [1.29, 1.82) is 0 Å². The topological polar surface area (TPSA) is 186 Å². The van der Waals surface area contributed by atoms with Crippen molar-refractivity contribution >= 4 is 22.1 Å². The predicted octanol–water partition coefficient (Wildman–Crippen LogP) is 10.4. The van der Waals surface area contributed by atoms with Gasteiger partial charge in [-0.15, -0.1) is 0 Å². The fourth-order valence-corrected chi connectivity index (χ4v) is 8.16. The van der Waals surface area contributed by atoms with Crippen molar-refractivity contribution in [3.63, 3.8) is 0 Å². The quantitative estimate of drug-likeness (QED) is 0.0197. The first-order chi connectivity index (χ1) is 29.5. The van der Waals surface area contributed by atoms with Crippen LogP contribution in [0.5, 0.6) is 0 Å². The van der Waals surface area contributed by atoms with Crippen molar-refractivity contribution in [2.75, 3.05) is 19.0 Å². The van der Waals surface area contributed by atoms with E-state index in [2.05, 4.69) is 38.2 Å². The summed E-state index contributed by atoms with van der Waals surface area (Å²) in [6.07, 6.45) is 33.6. The molecule has 61 heavy (non-hydrogen) atoms. The van der Waals surface area contributed by atoms with Gasteiger partial charge in [0.15, 0.2) is 12.4 Å². The normalized spacial score (nSPS) is 20.1. The highest BCUT2D eigenvalue weighted by Gasteiger charge is 2.46. The molecule has 1 saturated heterocycles. The Bertz CT molecular complexity index is 1220. The van der Waals surface area contributed by atoms with E-state index in [1.165, 1.54) is 109 Å². The summed E-state index contributed by atoms with van der Waals surface area (Å²) in [7, 11) is -4.60. The molecule has 0 spiro atoms. The molecule has 1 aliphatic rings. The molecule has 4 N–H and O–H groups in total. The van der Waals surface area contributed by atoms with E-state index in [1.807, 2.05) is 0 Å². The largest absolute Gasteiger partial charge is 0.462 e. The number of hydrogen-bond acceptors (Lipinski definition) is 11. The summed E-state index contributed by atoms with van der Waals surface area (Å²) < 4.78 is 54.1. The van der Waals surface area contributed by atoms with Crippen LogP contribution in [-0.4, -0.2) is 96.0 Å². The smallest absolute Gasteiger partial charge is 0.306 e. The fraction of sp³-hybridized carbons (Fsp3) is 0.875. The summed E-state index contributed by atoms with van der Waals surface area (Å²) in [5.41, 5.74) is 0. The number of allylic oxidation sites excluding steroid dienone is 4. The van der Waals surface area contributed by atoms with E-state index < -0.39 is 71.2 Å². The maximum Gasteiger partial charge on any atom is 0.306 e. The maximum atomic E-state index is 12.8. The molecule has 1 heterocycles. The van der Waals surface area contributed by atoms with Crippen LogP contribution in [0.15, 0.2) is 24.3 Å². The fourth-order valence-electron chi connectivity index (χ4n) is 7.47. The van der Waals surface area contributed by atoms with Gasteiger partial charge in [-0.05, 0) is 44.9 Å². The lowest BCUT2D eigenvalue weighted by atomic mass is 10.00. The molecule has 6 atom stereocenters. The molecule has 1 rings (SSSR count). The zero-order valence-electron chi connectivity index (χ0n) is 38.3. The Morgan fingerprint density at radius 3 is 1.48 bits per heavy atom. The van der Waals surface area contributed by atoms with Gasteiger partial charge in [0.25, 0.3) is 10.1 Å². The SMILES string of the molecule is CCCCC/C=C\C/C=C\CCCCCCCC(=O)OC(COC(=O)CCCCCCCCCCCCCCCCCCCC)COC1OC(CS(=O)(=O)O)C(O)C(O)C1O. The Morgan fingerprint density at radius 2 is 0.984 bits per heavy atom. The van der Waals surface area contributed by atoms with Crippen LogP contribution < -0.4 is 0 Å². The monoisotopic (exact) mass is 889 g/mol. The minimum atomic E-state index is -4.60. The number of carbonyl (C=O) groups is 2. The predicted molar refractivity (Wildman–Crippen MR) is 243 cm³/mol. The van der Waals surface area contributed by atoms with Gasteiger partial charge in [0.2, 0.25) is 0 Å². The van der Waals surface area contributed by atoms with Crippen molar-refractivity contribution in [2.45, 2.75) is 250 Å². The number of aliphatic hydroxyl groups is 3. The van der Waals surface area contributed by atoms with Gasteiger partial charge in [-0.1, -0.05) is 179 Å². The number of rotatable bonds is 41. The van der Waals surface area contributed by atoms with Crippen LogP contribution >= 0.6 is 0 Å². The lowest BCUT2D eigenvalue weighted by Gasteiger charge is -2.40. The molecule has 1 fully saturated rings. The molecule has 0 aromatic rings. The van der Waals surface area contributed by atoms with Crippen LogP contribution in [-0.2, 0) is 38.7 Å². The van der Waals surface area contributed by atoms with Gasteiger partial charge in [-0.3, -0.25) is 14.1 Å². The van der Waals surface area contributed by atoms with Crippen LogP contribution in [0.2, 0.25) is 0 Å². The van der Waals surface area contributed by atoms with E-state index in [-0.39, 0.29) is 19.4 Å². The van der Waals surface area contributed by atoms with Crippen LogP contribution in [0.4, 0.5) is 0 Å². The Labute approximate surface area is 370 Å². The van der Waals surface area contributed by atoms with Gasteiger partial charge in [-0.25, -0.2) is 0 Å². The molecule has 0 aromatic heterocycles. The molecular formula is C48H88O12S. The van der Waals surface area contributed by atoms with Crippen molar-refractivity contribution in [1.82, 2.24) is 0 Å². The number of carbonyl (C=O) groups excluding carboxylic acids is 2. The average molecular weight is 889 g/mol. The Kier molecular flexibility index (Phi) is 36.1. The van der Waals surface area contributed by atoms with E-state index >= 15 is 0 Å². The number of aliphatic hydroxyl groups excluding tert-OH is 3. The molecule has 12 nitrogen and oxygen atoms in total. The van der Waals surface area contributed by atoms with Crippen LogP contribution in [0.1, 0.15) is 213 Å². The standard InChI is InChI=1S/C48H88O12S/c1-3-5-7-9-11-13-15-17-19-20-21-23-24-26-28-30-32-34-36-43(49)57-38-41(39-58-48-47(53)46(52)45(51)42(60-48)40-61(54,55)56)59-44(50)37-35-33-31-29-27-25-22-18-16-14-12-10-8-6-4-2/h12,14,18,22,41-42,45-48,51-53H,3-11,13,15-17,19-21,23-40H2,1-2H3,(H,54,55,56)/b14-12-,22-18-. The van der Waals surface area contributed by atoms with Crippen molar-refractivity contribution in [3.8, 4) is 0 Å². The first-order valence-corrected chi connectivity index (χ1v) is 26.0. The van der Waals surface area contributed by atoms with E-state index in [1.54, 1.807) is 0 Å². The summed E-state index contributed by atoms with van der Waals surface area (Å²) in [4.78, 5) is 25.5. The van der Waals surface area contributed by atoms with Crippen LogP contribution in [0.3, 0.4) is 0 Å². The third kappa shape index (κ3) is 33.3. The van der Waals surface area contributed by atoms with E-state index in [9.17, 15) is 37.9 Å². The lowest BCUT2D eigenvalue weighted by molar-refractivity contribution is -0.297. The van der Waals surface area contributed by atoms with Gasteiger partial charge in [0, 0.05) is 12.8 Å². The Morgan fingerprint density at radius 1 is 0.557 bits per heavy atom. The maximum absolute atomic E-state index is 12.8. The van der Waals surface area contributed by atoms with E-state index in [4.69, 9.17) is 18.9 Å². The molecular weight excluding hydrogens is 801 g/mol. The van der Waals surface area contributed by atoms with Gasteiger partial charge in [-0.2, -0.15) is 8.42 Å². The molecule has 1 aliphatic heterocycles. The molecule has 0 amide bonds. The summed E-state index contributed by atoms with van der Waals surface area (Å²) in [5.74, 6) is -1.99. The third-order valence-corrected chi connectivity index (χ3v) is 12.0. The van der Waals surface area contributed by atoms with Crippen LogP contribution in [0, 0.1) is 0 Å². The summed E-state index contributed by atoms with van der Waals surface area (Å²) >= 11 is 0. The van der Waals surface area contributed by atoms with E-state index in [0.717, 1.165) is 64.2 Å². The average Bonchev–Trinajstić information content (AvgIpc) is 3.22. The highest BCUT2D eigenvalue weighted by Crippen LogP contribution is 2.24. The molecule has 0 radical (unpaired) electrons. The van der Waals surface area contributed by atoms with Gasteiger partial charge in [0.1, 0.15) is 36.8 Å². The Hall–Kier alpha value is -1.87. The first-order valence-electron chi connectivity index (χ1n) is 24.4. The van der Waals surface area contributed by atoms with Crippen LogP contribution in [0.25, 0.3) is 0 Å². The highest BCUT2D eigenvalue weighted by molar-refractivity contribution is 7.85. The first kappa shape index (κ1) is 57.1.